The number of nitrogens with zero attached hydrogens (tertiary/aromatic N) is 3. The first kappa shape index (κ1) is 35.7. The van der Waals surface area contributed by atoms with Crippen molar-refractivity contribution in [2.75, 3.05) is 0 Å². The maximum atomic E-state index is 6.34. The van der Waals surface area contributed by atoms with Gasteiger partial charge in [-0.15, -0.1) is 11.3 Å². The van der Waals surface area contributed by atoms with Gasteiger partial charge in [0.2, 0.25) is 0 Å². The second kappa shape index (κ2) is 14.0. The monoisotopic (exact) mass is 821 g/mol. The van der Waals surface area contributed by atoms with E-state index < -0.39 is 5.41 Å². The molecule has 0 unspecified atom stereocenters. The fourth-order valence-corrected chi connectivity index (χ4v) is 11.0. The molecule has 294 valence electrons. The summed E-state index contributed by atoms with van der Waals surface area (Å²) in [6, 6.07) is 75.9. The molecular formula is C58H35N3OS. The Balaban J connectivity index is 0.996. The van der Waals surface area contributed by atoms with Gasteiger partial charge < -0.3 is 4.42 Å². The van der Waals surface area contributed by atoms with Crippen LogP contribution in [0.25, 0.3) is 98.5 Å². The minimum absolute atomic E-state index is 0.557. The molecule has 0 aliphatic heterocycles. The fourth-order valence-electron chi connectivity index (χ4n) is 9.95. The van der Waals surface area contributed by atoms with Crippen molar-refractivity contribution in [2.45, 2.75) is 5.41 Å². The smallest absolute Gasteiger partial charge is 0.164 e. The van der Waals surface area contributed by atoms with Gasteiger partial charge in [0.05, 0.1) is 5.41 Å². The predicted octanol–water partition coefficient (Wildman–Crippen LogP) is 15.2. The summed E-state index contributed by atoms with van der Waals surface area (Å²) in [6.07, 6.45) is 0. The Morgan fingerprint density at radius 3 is 1.67 bits per heavy atom. The van der Waals surface area contributed by atoms with Crippen molar-refractivity contribution in [3.05, 3.63) is 235 Å². The lowest BCUT2D eigenvalue weighted by Gasteiger charge is -2.34. The SMILES string of the molecule is c1ccc(-c2cccc(-c3nc(-c4ccc(C5(c6ccc7sc8ccccc8c7c6)c6ccccc6-c6ccccc65)cc4)nc(-c4ccc5c(c4)oc4ccccc45)n3)c2)cc1. The van der Waals surface area contributed by atoms with Gasteiger partial charge >= 0.3 is 0 Å². The zero-order valence-corrected chi connectivity index (χ0v) is 34.7. The molecule has 0 N–H and O–H groups in total. The summed E-state index contributed by atoms with van der Waals surface area (Å²) in [4.78, 5) is 15.6. The quantitative estimate of drug-likeness (QED) is 0.168. The first-order chi connectivity index (χ1) is 31.2. The summed E-state index contributed by atoms with van der Waals surface area (Å²) in [5.74, 6) is 1.79. The minimum Gasteiger partial charge on any atom is -0.456 e. The number of benzene rings is 9. The molecule has 9 aromatic carbocycles. The Kier molecular flexibility index (Phi) is 7.96. The van der Waals surface area contributed by atoms with Crippen molar-refractivity contribution in [3.8, 4) is 56.4 Å². The van der Waals surface area contributed by atoms with Gasteiger partial charge in [-0.1, -0.05) is 170 Å². The molecule has 12 aromatic rings. The van der Waals surface area contributed by atoms with Crippen molar-refractivity contribution in [2.24, 2.45) is 0 Å². The number of fused-ring (bicyclic) bond motifs is 9. The molecule has 0 saturated heterocycles. The number of hydrogen-bond donors (Lipinski definition) is 0. The highest BCUT2D eigenvalue weighted by Gasteiger charge is 2.46. The van der Waals surface area contributed by atoms with E-state index in [9.17, 15) is 0 Å². The van der Waals surface area contributed by atoms with Crippen LogP contribution >= 0.6 is 11.3 Å². The van der Waals surface area contributed by atoms with Crippen LogP contribution in [0.3, 0.4) is 0 Å². The van der Waals surface area contributed by atoms with E-state index in [1.807, 2.05) is 41.7 Å². The summed E-state index contributed by atoms with van der Waals surface area (Å²) in [6.45, 7) is 0. The molecule has 63 heavy (non-hydrogen) atoms. The Labute approximate surface area is 367 Å². The van der Waals surface area contributed by atoms with Crippen LogP contribution < -0.4 is 0 Å². The van der Waals surface area contributed by atoms with E-state index in [2.05, 4.69) is 182 Å². The van der Waals surface area contributed by atoms with Gasteiger partial charge in [0.25, 0.3) is 0 Å². The number of furan rings is 1. The molecular weight excluding hydrogens is 787 g/mol. The van der Waals surface area contributed by atoms with Crippen LogP contribution in [0.4, 0.5) is 0 Å². The molecule has 3 aromatic heterocycles. The molecule has 0 radical (unpaired) electrons. The zero-order chi connectivity index (χ0) is 41.5. The number of para-hydroxylation sites is 1. The van der Waals surface area contributed by atoms with Crippen molar-refractivity contribution >= 4 is 53.4 Å². The average Bonchev–Trinajstić information content (AvgIpc) is 4.02. The lowest BCUT2D eigenvalue weighted by molar-refractivity contribution is 0.669. The van der Waals surface area contributed by atoms with E-state index >= 15 is 0 Å². The molecule has 0 spiro atoms. The summed E-state index contributed by atoms with van der Waals surface area (Å²) in [7, 11) is 0. The van der Waals surface area contributed by atoms with Crippen LogP contribution in [-0.2, 0) is 5.41 Å². The molecule has 0 fully saturated rings. The molecule has 1 aliphatic rings. The van der Waals surface area contributed by atoms with E-state index in [0.29, 0.717) is 17.5 Å². The second-order valence-electron chi connectivity index (χ2n) is 16.3. The second-order valence-corrected chi connectivity index (χ2v) is 17.4. The largest absolute Gasteiger partial charge is 0.456 e. The molecule has 3 heterocycles. The van der Waals surface area contributed by atoms with Crippen LogP contribution in [0, 0.1) is 0 Å². The lowest BCUT2D eigenvalue weighted by atomic mass is 9.67. The molecule has 4 nitrogen and oxygen atoms in total. The van der Waals surface area contributed by atoms with Crippen LogP contribution in [0.15, 0.2) is 217 Å². The zero-order valence-electron chi connectivity index (χ0n) is 33.9. The standard InChI is InChI=1S/C58H35N3OS/c1-2-13-36(14-3-1)38-15-12-16-39(33-38)56-59-55(60-57(61-56)40-27-31-46-45-19-6-10-23-51(45)62-52(46)34-40)37-25-28-41(29-26-37)58(49-21-8-4-17-43(49)44-18-5-9-22-50(44)58)42-30-32-54-48(35-42)47-20-7-11-24-53(47)63-54/h1-35H. The molecule has 0 atom stereocenters. The topological polar surface area (TPSA) is 51.8 Å². The van der Waals surface area contributed by atoms with E-state index in [4.69, 9.17) is 19.4 Å². The summed E-state index contributed by atoms with van der Waals surface area (Å²) < 4.78 is 8.93. The highest BCUT2D eigenvalue weighted by Crippen LogP contribution is 2.56. The van der Waals surface area contributed by atoms with Crippen molar-refractivity contribution < 1.29 is 4.42 Å². The third-order valence-electron chi connectivity index (χ3n) is 12.8. The summed E-state index contributed by atoms with van der Waals surface area (Å²) in [5.41, 5.74) is 13.5. The third-order valence-corrected chi connectivity index (χ3v) is 14.0. The highest BCUT2D eigenvalue weighted by atomic mass is 32.1. The molecule has 0 bridgehead atoms. The van der Waals surface area contributed by atoms with Crippen molar-refractivity contribution in [1.82, 2.24) is 15.0 Å². The first-order valence-corrected chi connectivity index (χ1v) is 22.1. The number of rotatable bonds is 6. The van der Waals surface area contributed by atoms with Crippen LogP contribution in [0.2, 0.25) is 0 Å². The van der Waals surface area contributed by atoms with E-state index in [1.54, 1.807) is 0 Å². The molecule has 1 aliphatic carbocycles. The molecule has 13 rings (SSSR count). The van der Waals surface area contributed by atoms with Gasteiger partial charge in [0.1, 0.15) is 11.2 Å². The van der Waals surface area contributed by atoms with E-state index in [1.165, 1.54) is 53.6 Å². The normalized spacial score (nSPS) is 12.9. The van der Waals surface area contributed by atoms with Gasteiger partial charge in [-0.2, -0.15) is 0 Å². The van der Waals surface area contributed by atoms with Crippen LogP contribution in [0.5, 0.6) is 0 Å². The third kappa shape index (κ3) is 5.57. The first-order valence-electron chi connectivity index (χ1n) is 21.2. The highest BCUT2D eigenvalue weighted by molar-refractivity contribution is 7.25. The van der Waals surface area contributed by atoms with Gasteiger partial charge in [-0.3, -0.25) is 0 Å². The van der Waals surface area contributed by atoms with Gasteiger partial charge in [0.15, 0.2) is 17.5 Å². The fraction of sp³-hybridized carbons (Fsp3) is 0.0172. The average molecular weight is 822 g/mol. The number of hydrogen-bond acceptors (Lipinski definition) is 5. The van der Waals surface area contributed by atoms with Gasteiger partial charge in [-0.25, -0.2) is 15.0 Å². The maximum absolute atomic E-state index is 6.34. The molecule has 5 heteroatoms. The summed E-state index contributed by atoms with van der Waals surface area (Å²) >= 11 is 1.85. The molecule has 0 saturated carbocycles. The van der Waals surface area contributed by atoms with Crippen LogP contribution in [0.1, 0.15) is 22.3 Å². The van der Waals surface area contributed by atoms with E-state index in [-0.39, 0.29) is 0 Å². The molecule has 0 amide bonds. The minimum atomic E-state index is -0.557. The summed E-state index contributed by atoms with van der Waals surface area (Å²) in [5, 5.41) is 4.72. The number of thiophene rings is 1. The maximum Gasteiger partial charge on any atom is 0.164 e. The Hall–Kier alpha value is -7.99. The number of aromatic nitrogens is 3. The Morgan fingerprint density at radius 1 is 0.333 bits per heavy atom. The van der Waals surface area contributed by atoms with Gasteiger partial charge in [0, 0.05) is 47.6 Å². The van der Waals surface area contributed by atoms with Gasteiger partial charge in [-0.05, 0) is 87.0 Å². The van der Waals surface area contributed by atoms with Crippen LogP contribution in [-0.4, -0.2) is 15.0 Å². The predicted molar refractivity (Wildman–Crippen MR) is 259 cm³/mol. The van der Waals surface area contributed by atoms with E-state index in [0.717, 1.165) is 49.8 Å². The van der Waals surface area contributed by atoms with Crippen molar-refractivity contribution in [3.63, 3.8) is 0 Å². The lowest BCUT2D eigenvalue weighted by Crippen LogP contribution is -2.28. The Bertz CT molecular complexity index is 3710. The Morgan fingerprint density at radius 2 is 0.889 bits per heavy atom. The van der Waals surface area contributed by atoms with Crippen molar-refractivity contribution in [1.29, 1.82) is 0 Å².